The molecule has 1 N–H and O–H groups in total. The van der Waals surface area contributed by atoms with Gasteiger partial charge in [-0.2, -0.15) is 0 Å². The highest BCUT2D eigenvalue weighted by Crippen LogP contribution is 2.29. The molecule has 0 aliphatic rings. The molecule has 0 bridgehead atoms. The lowest BCUT2D eigenvalue weighted by Gasteiger charge is -2.04. The van der Waals surface area contributed by atoms with Crippen molar-refractivity contribution in [2.24, 2.45) is 0 Å². The van der Waals surface area contributed by atoms with Crippen LogP contribution in [-0.4, -0.2) is 9.97 Å². The summed E-state index contributed by atoms with van der Waals surface area (Å²) in [7, 11) is 0. The summed E-state index contributed by atoms with van der Waals surface area (Å²) in [5.41, 5.74) is 6.59. The van der Waals surface area contributed by atoms with Crippen molar-refractivity contribution >= 4 is 33.5 Å². The highest BCUT2D eigenvalue weighted by atomic mass is 32.1. The highest BCUT2D eigenvalue weighted by Gasteiger charge is 2.07. The average molecular weight is 426 g/mol. The number of thiazole rings is 2. The summed E-state index contributed by atoms with van der Waals surface area (Å²) in [4.78, 5) is 9.51. The lowest BCUT2D eigenvalue weighted by molar-refractivity contribution is 1.14. The van der Waals surface area contributed by atoms with Crippen molar-refractivity contribution in [3.8, 4) is 22.5 Å². The second-order valence-electron chi connectivity index (χ2n) is 6.90. The van der Waals surface area contributed by atoms with Gasteiger partial charge in [0.1, 0.15) is 0 Å². The van der Waals surface area contributed by atoms with Crippen LogP contribution < -0.4 is 5.32 Å². The van der Waals surface area contributed by atoms with Gasteiger partial charge in [0.05, 0.1) is 16.4 Å². The monoisotopic (exact) mass is 425 g/mol. The molecule has 2 heterocycles. The molecule has 0 amide bonds. The van der Waals surface area contributed by atoms with E-state index >= 15 is 0 Å². The molecule has 3 aromatic carbocycles. The number of hydrogen-bond acceptors (Lipinski definition) is 5. The van der Waals surface area contributed by atoms with Crippen LogP contribution in [0.3, 0.4) is 0 Å². The van der Waals surface area contributed by atoms with Crippen LogP contribution in [0.2, 0.25) is 0 Å². The average Bonchev–Trinajstić information content (AvgIpc) is 3.46. The van der Waals surface area contributed by atoms with E-state index in [1.165, 1.54) is 5.56 Å². The summed E-state index contributed by atoms with van der Waals surface area (Å²) in [5.74, 6) is 0. The zero-order chi connectivity index (χ0) is 20.2. The Hall–Kier alpha value is -3.28. The number of aromatic nitrogens is 2. The first-order valence-electron chi connectivity index (χ1n) is 9.70. The third-order valence-corrected chi connectivity index (χ3v) is 6.36. The molecule has 0 atom stereocenters. The first-order valence-corrected chi connectivity index (χ1v) is 11.5. The summed E-state index contributed by atoms with van der Waals surface area (Å²) in [6.45, 7) is 0. The molecule has 2 aromatic heterocycles. The van der Waals surface area contributed by atoms with Gasteiger partial charge in [0.2, 0.25) is 0 Å². The SMILES string of the molecule is c1ccc(Cc2nc(-c3ccc(Nc4nc(-c5ccccc5)cs4)cc3)cs2)cc1. The number of rotatable bonds is 6. The largest absolute Gasteiger partial charge is 0.332 e. The Morgan fingerprint density at radius 3 is 2.03 bits per heavy atom. The smallest absolute Gasteiger partial charge is 0.187 e. The van der Waals surface area contributed by atoms with Crippen molar-refractivity contribution in [1.82, 2.24) is 9.97 Å². The van der Waals surface area contributed by atoms with Crippen LogP contribution in [0.25, 0.3) is 22.5 Å². The molecule has 0 radical (unpaired) electrons. The Labute approximate surface area is 183 Å². The molecular weight excluding hydrogens is 406 g/mol. The first-order chi connectivity index (χ1) is 14.8. The molecule has 0 saturated carbocycles. The van der Waals surface area contributed by atoms with E-state index in [0.29, 0.717) is 0 Å². The van der Waals surface area contributed by atoms with E-state index in [0.717, 1.165) is 44.8 Å². The Morgan fingerprint density at radius 2 is 1.27 bits per heavy atom. The minimum Gasteiger partial charge on any atom is -0.332 e. The topological polar surface area (TPSA) is 37.8 Å². The zero-order valence-corrected chi connectivity index (χ0v) is 17.8. The van der Waals surface area contributed by atoms with Gasteiger partial charge in [0.15, 0.2) is 5.13 Å². The number of hydrogen-bond donors (Lipinski definition) is 1. The fraction of sp³-hybridized carbons (Fsp3) is 0.0400. The second kappa shape index (κ2) is 8.61. The Bertz CT molecular complexity index is 1230. The first kappa shape index (κ1) is 18.7. The van der Waals surface area contributed by atoms with E-state index in [1.807, 2.05) is 24.3 Å². The van der Waals surface area contributed by atoms with E-state index < -0.39 is 0 Å². The van der Waals surface area contributed by atoms with Crippen molar-refractivity contribution in [2.45, 2.75) is 6.42 Å². The standard InChI is InChI=1S/C25H19N3S2/c1-3-7-18(8-4-1)15-24-27-22(16-29-24)20-11-13-21(14-12-20)26-25-28-23(17-30-25)19-9-5-2-6-10-19/h1-14,16-17H,15H2,(H,26,28). The molecule has 0 unspecified atom stereocenters. The van der Waals surface area contributed by atoms with E-state index in [-0.39, 0.29) is 0 Å². The lowest BCUT2D eigenvalue weighted by Crippen LogP contribution is -1.90. The van der Waals surface area contributed by atoms with Crippen LogP contribution in [0.15, 0.2) is 95.7 Å². The predicted octanol–water partition coefficient (Wildman–Crippen LogP) is 7.27. The van der Waals surface area contributed by atoms with Crippen LogP contribution in [0, 0.1) is 0 Å². The molecule has 0 spiro atoms. The van der Waals surface area contributed by atoms with Gasteiger partial charge in [-0.3, -0.25) is 0 Å². The van der Waals surface area contributed by atoms with Crippen molar-refractivity contribution in [3.05, 3.63) is 106 Å². The van der Waals surface area contributed by atoms with Crippen LogP contribution in [0.4, 0.5) is 10.8 Å². The van der Waals surface area contributed by atoms with Gasteiger partial charge in [-0.25, -0.2) is 9.97 Å². The van der Waals surface area contributed by atoms with E-state index in [1.54, 1.807) is 22.7 Å². The van der Waals surface area contributed by atoms with Gasteiger partial charge in [-0.1, -0.05) is 72.8 Å². The van der Waals surface area contributed by atoms with Crippen molar-refractivity contribution in [2.75, 3.05) is 5.32 Å². The lowest BCUT2D eigenvalue weighted by atomic mass is 10.1. The molecule has 5 heteroatoms. The van der Waals surface area contributed by atoms with Crippen LogP contribution >= 0.6 is 22.7 Å². The molecule has 146 valence electrons. The summed E-state index contributed by atoms with van der Waals surface area (Å²) in [5, 5.41) is 9.63. The van der Waals surface area contributed by atoms with Gasteiger partial charge in [-0.15, -0.1) is 22.7 Å². The van der Waals surface area contributed by atoms with Crippen LogP contribution in [-0.2, 0) is 6.42 Å². The maximum absolute atomic E-state index is 4.81. The van der Waals surface area contributed by atoms with Crippen molar-refractivity contribution in [3.63, 3.8) is 0 Å². The van der Waals surface area contributed by atoms with Crippen molar-refractivity contribution < 1.29 is 0 Å². The minimum atomic E-state index is 0.874. The third-order valence-electron chi connectivity index (χ3n) is 4.76. The number of benzene rings is 3. The molecule has 5 rings (SSSR count). The van der Waals surface area contributed by atoms with Gasteiger partial charge in [0, 0.05) is 34.0 Å². The Morgan fingerprint density at radius 1 is 0.633 bits per heavy atom. The molecule has 3 nitrogen and oxygen atoms in total. The van der Waals surface area contributed by atoms with E-state index in [4.69, 9.17) is 9.97 Å². The number of anilines is 2. The van der Waals surface area contributed by atoms with Crippen LogP contribution in [0.1, 0.15) is 10.6 Å². The number of nitrogens with zero attached hydrogens (tertiary/aromatic N) is 2. The molecule has 0 aliphatic heterocycles. The summed E-state index contributed by atoms with van der Waals surface area (Å²) in [6, 6.07) is 29.1. The van der Waals surface area contributed by atoms with Gasteiger partial charge < -0.3 is 5.32 Å². The second-order valence-corrected chi connectivity index (χ2v) is 8.70. The highest BCUT2D eigenvalue weighted by molar-refractivity contribution is 7.14. The Kier molecular flexibility index (Phi) is 5.38. The molecule has 0 aliphatic carbocycles. The molecule has 30 heavy (non-hydrogen) atoms. The summed E-state index contributed by atoms with van der Waals surface area (Å²) < 4.78 is 0. The van der Waals surface area contributed by atoms with E-state index in [9.17, 15) is 0 Å². The molecule has 5 aromatic rings. The minimum absolute atomic E-state index is 0.874. The van der Waals surface area contributed by atoms with Crippen molar-refractivity contribution in [1.29, 1.82) is 0 Å². The van der Waals surface area contributed by atoms with E-state index in [2.05, 4.69) is 76.7 Å². The van der Waals surface area contributed by atoms with Crippen LogP contribution in [0.5, 0.6) is 0 Å². The molecule has 0 fully saturated rings. The Balaban J connectivity index is 1.27. The quantitative estimate of drug-likeness (QED) is 0.311. The predicted molar refractivity (Wildman–Crippen MR) is 128 cm³/mol. The maximum atomic E-state index is 4.81. The number of nitrogens with one attached hydrogen (secondary N) is 1. The third kappa shape index (κ3) is 4.32. The zero-order valence-electron chi connectivity index (χ0n) is 16.2. The fourth-order valence-corrected chi connectivity index (χ4v) is 4.79. The van der Waals surface area contributed by atoms with Gasteiger partial charge >= 0.3 is 0 Å². The maximum Gasteiger partial charge on any atom is 0.187 e. The summed E-state index contributed by atoms with van der Waals surface area (Å²) >= 11 is 3.32. The molecule has 0 saturated heterocycles. The fourth-order valence-electron chi connectivity index (χ4n) is 3.22. The normalized spacial score (nSPS) is 10.8. The van der Waals surface area contributed by atoms with Gasteiger partial charge in [0.25, 0.3) is 0 Å². The summed E-state index contributed by atoms with van der Waals surface area (Å²) in [6.07, 6.45) is 0.874. The van der Waals surface area contributed by atoms with Gasteiger partial charge in [-0.05, 0) is 17.7 Å². The molecular formula is C25H19N3S2.